The Kier molecular flexibility index (Phi) is 15.4. The fraction of sp³-hybridized carbons (Fsp3) is 0.750. The largest absolute Gasteiger partial charge is 0.445 e. The van der Waals surface area contributed by atoms with Crippen molar-refractivity contribution in [3.05, 3.63) is 35.9 Å². The van der Waals surface area contributed by atoms with Crippen LogP contribution in [0.2, 0.25) is 0 Å². The Bertz CT molecular complexity index is 754. The molecule has 37 heavy (non-hydrogen) atoms. The monoisotopic (exact) mass is 514 g/mol. The summed E-state index contributed by atoms with van der Waals surface area (Å²) in [7, 11) is 0. The second kappa shape index (κ2) is 18.3. The first-order valence-corrected chi connectivity index (χ1v) is 15.4. The first kappa shape index (κ1) is 31.2. The van der Waals surface area contributed by atoms with Crippen molar-refractivity contribution in [3.63, 3.8) is 0 Å². The van der Waals surface area contributed by atoms with Crippen LogP contribution in [0.4, 0.5) is 4.79 Å². The highest BCUT2D eigenvalue weighted by Gasteiger charge is 2.66. The maximum absolute atomic E-state index is 12.8. The molecule has 1 heterocycles. The van der Waals surface area contributed by atoms with E-state index in [4.69, 9.17) is 4.74 Å². The number of alkyl carbamates (subject to hydrolysis) is 1. The van der Waals surface area contributed by atoms with Crippen LogP contribution < -0.4 is 5.32 Å². The number of benzene rings is 1. The summed E-state index contributed by atoms with van der Waals surface area (Å²) in [5.41, 5.74) is 0.0419. The molecule has 5 heteroatoms. The summed E-state index contributed by atoms with van der Waals surface area (Å²) >= 11 is 0. The minimum atomic E-state index is -0.891. The Balaban J connectivity index is 1.52. The molecule has 2 rings (SSSR count). The Morgan fingerprint density at radius 2 is 1.30 bits per heavy atom. The van der Waals surface area contributed by atoms with Crippen LogP contribution in [0.3, 0.4) is 0 Å². The molecule has 1 fully saturated rings. The maximum atomic E-state index is 12.8. The average Bonchev–Trinajstić information content (AvgIpc) is 3.48. The number of carbonyl (C=O) groups is 2. The molecule has 2 amide bonds. The van der Waals surface area contributed by atoms with E-state index in [2.05, 4.69) is 19.2 Å². The van der Waals surface area contributed by atoms with Gasteiger partial charge in [-0.1, -0.05) is 147 Å². The van der Waals surface area contributed by atoms with Gasteiger partial charge >= 0.3 is 6.09 Å². The van der Waals surface area contributed by atoms with E-state index in [9.17, 15) is 9.59 Å². The van der Waals surface area contributed by atoms with E-state index >= 15 is 0 Å². The van der Waals surface area contributed by atoms with E-state index < -0.39 is 11.8 Å². The quantitative estimate of drug-likeness (QED) is 0.124. The molecule has 5 nitrogen and oxygen atoms in total. The van der Waals surface area contributed by atoms with Crippen LogP contribution in [0.15, 0.2) is 30.3 Å². The van der Waals surface area contributed by atoms with Crippen molar-refractivity contribution in [2.45, 2.75) is 142 Å². The van der Waals surface area contributed by atoms with Crippen LogP contribution in [0.1, 0.15) is 135 Å². The minimum Gasteiger partial charge on any atom is -0.445 e. The van der Waals surface area contributed by atoms with Gasteiger partial charge in [0, 0.05) is 12.5 Å². The molecule has 0 saturated carbocycles. The molecule has 1 aromatic rings. The van der Waals surface area contributed by atoms with Gasteiger partial charge in [0.25, 0.3) is 5.91 Å². The van der Waals surface area contributed by atoms with Gasteiger partial charge in [0.1, 0.15) is 6.61 Å². The van der Waals surface area contributed by atoms with Gasteiger partial charge in [0.2, 0.25) is 5.66 Å². The van der Waals surface area contributed by atoms with Crippen molar-refractivity contribution >= 4 is 12.0 Å². The highest BCUT2D eigenvalue weighted by atomic mass is 16.5. The zero-order chi connectivity index (χ0) is 26.8. The summed E-state index contributed by atoms with van der Waals surface area (Å²) < 4.78 is 5.40. The smallest absolute Gasteiger partial charge is 0.409 e. The van der Waals surface area contributed by atoms with E-state index in [0.717, 1.165) is 24.8 Å². The molecule has 1 aromatic carbocycles. The molecule has 0 bridgehead atoms. The highest BCUT2D eigenvalue weighted by Crippen LogP contribution is 2.40. The second-order valence-corrected chi connectivity index (χ2v) is 11.0. The van der Waals surface area contributed by atoms with Crippen molar-refractivity contribution in [3.8, 4) is 0 Å². The minimum absolute atomic E-state index is 0.0273. The molecule has 1 saturated heterocycles. The van der Waals surface area contributed by atoms with Crippen LogP contribution in [0.5, 0.6) is 0 Å². The number of unbranched alkanes of at least 4 members (excludes halogenated alkanes) is 15. The van der Waals surface area contributed by atoms with Crippen LogP contribution in [-0.2, 0) is 16.1 Å². The Labute approximate surface area is 227 Å². The summed E-state index contributed by atoms with van der Waals surface area (Å²) in [5.74, 6) is 0.0739. The number of carbonyl (C=O) groups excluding carboxylic acids is 2. The van der Waals surface area contributed by atoms with Crippen LogP contribution >= 0.6 is 0 Å². The lowest BCUT2D eigenvalue weighted by atomic mass is 9.99. The molecular formula is C32H54N2O3. The molecule has 0 aliphatic carbocycles. The van der Waals surface area contributed by atoms with Gasteiger partial charge in [-0.15, -0.1) is 0 Å². The Hall–Kier alpha value is -2.04. The van der Waals surface area contributed by atoms with Crippen molar-refractivity contribution in [2.75, 3.05) is 6.54 Å². The zero-order valence-corrected chi connectivity index (χ0v) is 24.1. The normalized spacial score (nSPS) is 17.6. The fourth-order valence-corrected chi connectivity index (χ4v) is 5.31. The molecule has 1 aliphatic rings. The van der Waals surface area contributed by atoms with Gasteiger partial charge in [-0.2, -0.15) is 0 Å². The number of hydrogen-bond acceptors (Lipinski definition) is 3. The van der Waals surface area contributed by atoms with Gasteiger partial charge in [-0.25, -0.2) is 4.79 Å². The topological polar surface area (TPSA) is 58.4 Å². The lowest BCUT2D eigenvalue weighted by Gasteiger charge is -2.22. The van der Waals surface area contributed by atoms with Crippen molar-refractivity contribution in [1.82, 2.24) is 10.2 Å². The molecule has 210 valence electrons. The first-order chi connectivity index (χ1) is 18.1. The maximum Gasteiger partial charge on any atom is 0.409 e. The van der Waals surface area contributed by atoms with Crippen molar-refractivity contribution in [2.24, 2.45) is 5.92 Å². The lowest BCUT2D eigenvalue weighted by molar-refractivity contribution is -0.115. The van der Waals surface area contributed by atoms with Crippen LogP contribution in [0, 0.1) is 5.92 Å². The van der Waals surface area contributed by atoms with Crippen LogP contribution in [-0.4, -0.2) is 29.1 Å². The average molecular weight is 515 g/mol. The van der Waals surface area contributed by atoms with Crippen LogP contribution in [0.25, 0.3) is 0 Å². The number of nitrogens with zero attached hydrogens (tertiary/aromatic N) is 1. The lowest BCUT2D eigenvalue weighted by Crippen LogP contribution is -2.47. The molecule has 2 atom stereocenters. The number of hydrogen-bond donors (Lipinski definition) is 1. The third-order valence-corrected chi connectivity index (χ3v) is 8.01. The molecular weight excluding hydrogens is 460 g/mol. The Morgan fingerprint density at radius 1 is 0.811 bits per heavy atom. The van der Waals surface area contributed by atoms with Gasteiger partial charge in [-0.3, -0.25) is 10.1 Å². The summed E-state index contributed by atoms with van der Waals surface area (Å²) in [5, 5.41) is 2.91. The number of rotatable bonds is 22. The molecule has 2 unspecified atom stereocenters. The fourth-order valence-electron chi connectivity index (χ4n) is 5.31. The van der Waals surface area contributed by atoms with E-state index in [1.165, 1.54) is 89.9 Å². The molecule has 1 aliphatic heterocycles. The summed E-state index contributed by atoms with van der Waals surface area (Å²) in [6, 6.07) is 9.61. The van der Waals surface area contributed by atoms with E-state index in [1.807, 2.05) is 42.2 Å². The summed E-state index contributed by atoms with van der Waals surface area (Å²) in [6.45, 7) is 7.28. The van der Waals surface area contributed by atoms with Gasteiger partial charge in [0.05, 0.1) is 0 Å². The van der Waals surface area contributed by atoms with Gasteiger partial charge in [-0.05, 0) is 18.4 Å². The highest BCUT2D eigenvalue weighted by molar-refractivity contribution is 6.04. The van der Waals surface area contributed by atoms with E-state index in [1.54, 1.807) is 0 Å². The summed E-state index contributed by atoms with van der Waals surface area (Å²) in [4.78, 5) is 27.1. The van der Waals surface area contributed by atoms with E-state index in [-0.39, 0.29) is 18.4 Å². The molecule has 0 aromatic heterocycles. The van der Waals surface area contributed by atoms with Crippen molar-refractivity contribution in [1.29, 1.82) is 0 Å². The molecule has 1 N–H and O–H groups in total. The standard InChI is InChI=1S/C32H54N2O3/c1-4-6-7-8-9-10-11-12-13-14-15-16-17-18-19-23-26-34-30(35)32(34,28(3)5-2)33-31(36)37-27-29-24-21-20-22-25-29/h20-22,24-25,28H,4-19,23,26-27H2,1-3H3,(H,33,36). The SMILES string of the molecule is CCCCCCCCCCCCCCCCCCN1C(=O)C1(NC(=O)OCc1ccccc1)C(C)CC. The predicted octanol–water partition coefficient (Wildman–Crippen LogP) is 8.76. The first-order valence-electron chi connectivity index (χ1n) is 15.4. The number of amides is 2. The number of ether oxygens (including phenoxy) is 1. The Morgan fingerprint density at radius 3 is 1.78 bits per heavy atom. The van der Waals surface area contributed by atoms with Gasteiger partial charge in [0.15, 0.2) is 0 Å². The number of nitrogens with one attached hydrogen (secondary N) is 1. The predicted molar refractivity (Wildman–Crippen MR) is 153 cm³/mol. The molecule has 0 spiro atoms. The van der Waals surface area contributed by atoms with Gasteiger partial charge < -0.3 is 9.64 Å². The third-order valence-electron chi connectivity index (χ3n) is 8.01. The molecule has 0 radical (unpaired) electrons. The third kappa shape index (κ3) is 11.1. The van der Waals surface area contributed by atoms with Crippen molar-refractivity contribution < 1.29 is 14.3 Å². The zero-order valence-electron chi connectivity index (χ0n) is 24.1. The second-order valence-electron chi connectivity index (χ2n) is 11.0. The summed E-state index contributed by atoms with van der Waals surface area (Å²) in [6.07, 6.45) is 21.6. The van der Waals surface area contributed by atoms with E-state index in [0.29, 0.717) is 6.54 Å².